The summed E-state index contributed by atoms with van der Waals surface area (Å²) >= 11 is 5.74. The fourth-order valence-electron chi connectivity index (χ4n) is 2.20. The minimum atomic E-state index is -0.289. The summed E-state index contributed by atoms with van der Waals surface area (Å²) in [5, 5.41) is 3.14. The molecule has 1 amide bonds. The third-order valence-corrected chi connectivity index (χ3v) is 3.45. The van der Waals surface area contributed by atoms with Gasteiger partial charge in [-0.3, -0.25) is 9.69 Å². The summed E-state index contributed by atoms with van der Waals surface area (Å²) < 4.78 is 19.3. The van der Waals surface area contributed by atoms with Gasteiger partial charge in [-0.15, -0.1) is 0 Å². The molecular formula is C14H18ClFN2O2. The Kier molecular flexibility index (Phi) is 5.34. The first-order chi connectivity index (χ1) is 9.54. The Morgan fingerprint density at radius 3 is 3.10 bits per heavy atom. The Hall–Kier alpha value is -1.17. The number of hydrogen-bond donors (Lipinski definition) is 1. The number of ether oxygens (including phenoxy) is 1. The maximum Gasteiger partial charge on any atom is 0.216 e. The van der Waals surface area contributed by atoms with Gasteiger partial charge in [0.25, 0.3) is 0 Å². The topological polar surface area (TPSA) is 41.6 Å². The molecule has 110 valence electrons. The van der Waals surface area contributed by atoms with Crippen LogP contribution in [0.1, 0.15) is 12.5 Å². The average Bonchev–Trinajstić information content (AvgIpc) is 2.40. The van der Waals surface area contributed by atoms with Crippen LogP contribution in [0.2, 0.25) is 5.02 Å². The number of carbonyl (C=O) groups excluding carboxylic acids is 1. The summed E-state index contributed by atoms with van der Waals surface area (Å²) in [7, 11) is 0. The van der Waals surface area contributed by atoms with E-state index >= 15 is 0 Å². The fraction of sp³-hybridized carbons (Fsp3) is 0.500. The molecular weight excluding hydrogens is 283 g/mol. The molecule has 0 unspecified atom stereocenters. The van der Waals surface area contributed by atoms with Crippen LogP contribution in [0.25, 0.3) is 0 Å². The highest BCUT2D eigenvalue weighted by Crippen LogP contribution is 2.17. The maximum atomic E-state index is 13.8. The summed E-state index contributed by atoms with van der Waals surface area (Å²) in [5.74, 6) is -0.364. The van der Waals surface area contributed by atoms with E-state index < -0.39 is 0 Å². The standard InChI is InChI=1S/C14H18ClFN2O2/c1-10(19)17-7-13-9-18(4-5-20-13)8-11-2-3-12(15)6-14(11)16/h2-3,6,13H,4-5,7-9H2,1H3,(H,17,19)/t13-/m0/s1. The van der Waals surface area contributed by atoms with Crippen molar-refractivity contribution < 1.29 is 13.9 Å². The molecule has 4 nitrogen and oxygen atoms in total. The van der Waals surface area contributed by atoms with Gasteiger partial charge in [-0.1, -0.05) is 17.7 Å². The van der Waals surface area contributed by atoms with E-state index in [1.165, 1.54) is 13.0 Å². The number of nitrogens with one attached hydrogen (secondary N) is 1. The molecule has 1 aromatic carbocycles. The van der Waals surface area contributed by atoms with E-state index in [0.29, 0.717) is 36.8 Å². The van der Waals surface area contributed by atoms with Gasteiger partial charge < -0.3 is 10.1 Å². The van der Waals surface area contributed by atoms with Gasteiger partial charge in [0.2, 0.25) is 5.91 Å². The van der Waals surface area contributed by atoms with E-state index in [1.807, 2.05) is 0 Å². The molecule has 1 heterocycles. The summed E-state index contributed by atoms with van der Waals surface area (Å²) in [4.78, 5) is 13.0. The summed E-state index contributed by atoms with van der Waals surface area (Å²) in [6.45, 7) is 4.47. The van der Waals surface area contributed by atoms with Crippen molar-refractivity contribution in [1.29, 1.82) is 0 Å². The molecule has 1 aliphatic rings. The molecule has 1 saturated heterocycles. The Morgan fingerprint density at radius 1 is 1.60 bits per heavy atom. The number of rotatable bonds is 4. The van der Waals surface area contributed by atoms with Crippen LogP contribution in [-0.2, 0) is 16.1 Å². The van der Waals surface area contributed by atoms with E-state index in [1.54, 1.807) is 12.1 Å². The van der Waals surface area contributed by atoms with Crippen LogP contribution >= 0.6 is 11.6 Å². The Balaban J connectivity index is 1.90. The minimum Gasteiger partial charge on any atom is -0.374 e. The van der Waals surface area contributed by atoms with Gasteiger partial charge in [0.1, 0.15) is 5.82 Å². The molecule has 2 rings (SSSR count). The molecule has 1 aliphatic heterocycles. The van der Waals surface area contributed by atoms with Gasteiger partial charge in [0, 0.05) is 43.7 Å². The van der Waals surface area contributed by atoms with Crippen molar-refractivity contribution in [3.63, 3.8) is 0 Å². The zero-order valence-electron chi connectivity index (χ0n) is 11.4. The zero-order chi connectivity index (χ0) is 14.5. The highest BCUT2D eigenvalue weighted by atomic mass is 35.5. The van der Waals surface area contributed by atoms with Crippen molar-refractivity contribution >= 4 is 17.5 Å². The van der Waals surface area contributed by atoms with Crippen molar-refractivity contribution in [3.05, 3.63) is 34.6 Å². The van der Waals surface area contributed by atoms with Crippen molar-refractivity contribution in [2.45, 2.75) is 19.6 Å². The highest BCUT2D eigenvalue weighted by Gasteiger charge is 2.21. The van der Waals surface area contributed by atoms with E-state index in [4.69, 9.17) is 16.3 Å². The van der Waals surface area contributed by atoms with E-state index in [2.05, 4.69) is 10.2 Å². The van der Waals surface area contributed by atoms with Gasteiger partial charge in [0.05, 0.1) is 12.7 Å². The van der Waals surface area contributed by atoms with Crippen LogP contribution in [0, 0.1) is 5.82 Å². The first-order valence-electron chi connectivity index (χ1n) is 6.57. The van der Waals surface area contributed by atoms with Crippen LogP contribution in [0.4, 0.5) is 4.39 Å². The molecule has 6 heteroatoms. The Bertz CT molecular complexity index is 484. The van der Waals surface area contributed by atoms with Gasteiger partial charge in [0.15, 0.2) is 0 Å². The number of amides is 1. The predicted octanol–water partition coefficient (Wildman–Crippen LogP) is 1.82. The van der Waals surface area contributed by atoms with Crippen LogP contribution in [-0.4, -0.2) is 43.2 Å². The second-order valence-electron chi connectivity index (χ2n) is 4.90. The maximum absolute atomic E-state index is 13.8. The zero-order valence-corrected chi connectivity index (χ0v) is 12.1. The summed E-state index contributed by atoms with van der Waals surface area (Å²) in [5.41, 5.74) is 0.620. The first kappa shape index (κ1) is 15.2. The normalized spacial score (nSPS) is 19.9. The third-order valence-electron chi connectivity index (χ3n) is 3.21. The minimum absolute atomic E-state index is 0.0528. The largest absolute Gasteiger partial charge is 0.374 e. The molecule has 0 bridgehead atoms. The number of benzene rings is 1. The quantitative estimate of drug-likeness (QED) is 0.922. The lowest BCUT2D eigenvalue weighted by Gasteiger charge is -2.33. The molecule has 1 fully saturated rings. The van der Waals surface area contributed by atoms with Crippen molar-refractivity contribution in [3.8, 4) is 0 Å². The number of hydrogen-bond acceptors (Lipinski definition) is 3. The SMILES string of the molecule is CC(=O)NC[C@H]1CN(Cc2ccc(Cl)cc2F)CCO1. The van der Waals surface area contributed by atoms with Crippen molar-refractivity contribution in [2.75, 3.05) is 26.2 Å². The van der Waals surface area contributed by atoms with E-state index in [0.717, 1.165) is 6.54 Å². The number of morpholine rings is 1. The van der Waals surface area contributed by atoms with Gasteiger partial charge in [-0.05, 0) is 12.1 Å². The number of halogens is 2. The second-order valence-corrected chi connectivity index (χ2v) is 5.34. The molecule has 20 heavy (non-hydrogen) atoms. The van der Waals surface area contributed by atoms with Gasteiger partial charge >= 0.3 is 0 Å². The lowest BCUT2D eigenvalue weighted by molar-refractivity contribution is -0.120. The monoisotopic (exact) mass is 300 g/mol. The first-order valence-corrected chi connectivity index (χ1v) is 6.94. The molecule has 0 saturated carbocycles. The Labute approximate surface area is 122 Å². The van der Waals surface area contributed by atoms with Gasteiger partial charge in [-0.25, -0.2) is 4.39 Å². The fourth-order valence-corrected chi connectivity index (χ4v) is 2.35. The smallest absolute Gasteiger partial charge is 0.216 e. The van der Waals surface area contributed by atoms with Crippen molar-refractivity contribution in [2.24, 2.45) is 0 Å². The molecule has 1 atom stereocenters. The molecule has 0 aromatic heterocycles. The Morgan fingerprint density at radius 2 is 2.40 bits per heavy atom. The third kappa shape index (κ3) is 4.44. The summed E-state index contributed by atoms with van der Waals surface area (Å²) in [6, 6.07) is 4.72. The molecule has 0 aliphatic carbocycles. The van der Waals surface area contributed by atoms with Crippen LogP contribution in [0.3, 0.4) is 0 Å². The summed E-state index contributed by atoms with van der Waals surface area (Å²) in [6.07, 6.45) is -0.0528. The molecule has 1 N–H and O–H groups in total. The number of nitrogens with zero attached hydrogens (tertiary/aromatic N) is 1. The highest BCUT2D eigenvalue weighted by molar-refractivity contribution is 6.30. The molecule has 0 radical (unpaired) electrons. The van der Waals surface area contributed by atoms with E-state index in [9.17, 15) is 9.18 Å². The molecule has 0 spiro atoms. The average molecular weight is 301 g/mol. The van der Waals surface area contributed by atoms with Crippen LogP contribution < -0.4 is 5.32 Å². The molecule has 1 aromatic rings. The van der Waals surface area contributed by atoms with Crippen molar-refractivity contribution in [1.82, 2.24) is 10.2 Å². The van der Waals surface area contributed by atoms with Gasteiger partial charge in [-0.2, -0.15) is 0 Å². The van der Waals surface area contributed by atoms with Crippen LogP contribution in [0.15, 0.2) is 18.2 Å². The van der Waals surface area contributed by atoms with Crippen LogP contribution in [0.5, 0.6) is 0 Å². The lowest BCUT2D eigenvalue weighted by Crippen LogP contribution is -2.46. The lowest BCUT2D eigenvalue weighted by atomic mass is 10.1. The predicted molar refractivity (Wildman–Crippen MR) is 75.1 cm³/mol. The second kappa shape index (κ2) is 7.02. The van der Waals surface area contributed by atoms with E-state index in [-0.39, 0.29) is 17.8 Å². The number of carbonyl (C=O) groups is 1.